The lowest BCUT2D eigenvalue weighted by molar-refractivity contribution is -0.154. The lowest BCUT2D eigenvalue weighted by Crippen LogP contribution is -2.57. The minimum Gasteiger partial charge on any atom is -0.466 e. The first-order valence-electron chi connectivity index (χ1n) is 12.4. The Morgan fingerprint density at radius 1 is 1.33 bits per heavy atom. The van der Waals surface area contributed by atoms with Crippen molar-refractivity contribution in [2.75, 3.05) is 31.2 Å². The first kappa shape index (κ1) is 27.1. The Kier molecular flexibility index (Phi) is 8.44. The van der Waals surface area contributed by atoms with E-state index in [4.69, 9.17) is 21.1 Å². The second kappa shape index (κ2) is 11.2. The van der Waals surface area contributed by atoms with Crippen LogP contribution in [0.3, 0.4) is 0 Å². The molecule has 1 unspecified atom stereocenters. The Hall–Kier alpha value is -1.94. The average molecular weight is 584 g/mol. The number of hydrogen-bond acceptors (Lipinski definition) is 6. The molecule has 3 aliphatic heterocycles. The molecule has 1 aromatic carbocycles. The highest BCUT2D eigenvalue weighted by atomic mass is 79.9. The number of halogens is 2. The minimum absolute atomic E-state index is 0.0630. The fourth-order valence-corrected chi connectivity index (χ4v) is 7.02. The fraction of sp³-hybridized carbons (Fsp3) is 0.577. The molecular formula is C26H32BrClN2O6. The summed E-state index contributed by atoms with van der Waals surface area (Å²) in [6.07, 6.45) is 3.44. The van der Waals surface area contributed by atoms with Crippen molar-refractivity contribution in [3.05, 3.63) is 41.9 Å². The van der Waals surface area contributed by atoms with Crippen molar-refractivity contribution < 1.29 is 29.0 Å². The van der Waals surface area contributed by atoms with Crippen molar-refractivity contribution in [1.29, 1.82) is 0 Å². The molecule has 3 heterocycles. The molecule has 1 N–H and O–H groups in total. The number of likely N-dealkylation sites (tertiary alicyclic amines) is 1. The topological polar surface area (TPSA) is 96.4 Å². The number of alkyl halides is 1. The van der Waals surface area contributed by atoms with Crippen molar-refractivity contribution in [2.45, 2.75) is 55.2 Å². The van der Waals surface area contributed by atoms with Crippen molar-refractivity contribution in [2.24, 2.45) is 11.8 Å². The molecule has 1 aromatic rings. The summed E-state index contributed by atoms with van der Waals surface area (Å²) in [6, 6.07) is 6.00. The number of esters is 1. The number of hydrogen-bond donors (Lipinski definition) is 1. The van der Waals surface area contributed by atoms with Gasteiger partial charge in [-0.3, -0.25) is 14.4 Å². The summed E-state index contributed by atoms with van der Waals surface area (Å²) in [6.45, 7) is 6.35. The van der Waals surface area contributed by atoms with Crippen LogP contribution in [0, 0.1) is 11.8 Å². The van der Waals surface area contributed by atoms with Gasteiger partial charge in [0, 0.05) is 35.2 Å². The SMILES string of the molecule is C=CCN(C(=O)[C@@H]1N(CCCCCO)C(=O)[C@H]2[C@H](C(=O)OCC)[C@H]3O[C@@]12CC3Br)c1ccc(Cl)cc1. The second-order valence-corrected chi connectivity index (χ2v) is 11.1. The lowest BCUT2D eigenvalue weighted by Gasteiger charge is -2.37. The van der Waals surface area contributed by atoms with Gasteiger partial charge in [-0.2, -0.15) is 0 Å². The number of unbranched alkanes of at least 4 members (excludes halogenated alkanes) is 2. The molecule has 3 aliphatic rings. The highest BCUT2D eigenvalue weighted by Gasteiger charge is 2.77. The minimum atomic E-state index is -1.15. The summed E-state index contributed by atoms with van der Waals surface area (Å²) in [5.74, 6) is -2.59. The molecule has 8 nitrogen and oxygen atoms in total. The summed E-state index contributed by atoms with van der Waals surface area (Å²) < 4.78 is 11.8. The monoisotopic (exact) mass is 582 g/mol. The Labute approximate surface area is 224 Å². The zero-order chi connectivity index (χ0) is 26.0. The van der Waals surface area contributed by atoms with Gasteiger partial charge in [0.05, 0.1) is 24.5 Å². The summed E-state index contributed by atoms with van der Waals surface area (Å²) in [5.41, 5.74) is -0.519. The van der Waals surface area contributed by atoms with E-state index in [-0.39, 0.29) is 36.4 Å². The number of carbonyl (C=O) groups excluding carboxylic acids is 3. The van der Waals surface area contributed by atoms with Gasteiger partial charge in [0.2, 0.25) is 5.91 Å². The van der Waals surface area contributed by atoms with Gasteiger partial charge < -0.3 is 24.4 Å². The predicted molar refractivity (Wildman–Crippen MR) is 139 cm³/mol. The normalized spacial score (nSPS) is 30.4. The Bertz CT molecular complexity index is 1010. The number of nitrogens with zero attached hydrogens (tertiary/aromatic N) is 2. The first-order chi connectivity index (χ1) is 17.3. The maximum atomic E-state index is 14.3. The van der Waals surface area contributed by atoms with E-state index >= 15 is 0 Å². The maximum absolute atomic E-state index is 14.3. The summed E-state index contributed by atoms with van der Waals surface area (Å²) in [5, 5.41) is 9.73. The quantitative estimate of drug-likeness (QED) is 0.186. The molecule has 0 aliphatic carbocycles. The molecule has 6 atom stereocenters. The van der Waals surface area contributed by atoms with Gasteiger partial charge in [-0.1, -0.05) is 33.6 Å². The van der Waals surface area contributed by atoms with E-state index in [0.717, 1.165) is 0 Å². The van der Waals surface area contributed by atoms with Crippen LogP contribution in [0.4, 0.5) is 5.69 Å². The number of ether oxygens (including phenoxy) is 2. The molecule has 2 bridgehead atoms. The van der Waals surface area contributed by atoms with Crippen LogP contribution in [0.5, 0.6) is 0 Å². The van der Waals surface area contributed by atoms with Crippen molar-refractivity contribution in [3.8, 4) is 0 Å². The largest absolute Gasteiger partial charge is 0.466 e. The van der Waals surface area contributed by atoms with Crippen LogP contribution in [-0.2, 0) is 23.9 Å². The molecule has 2 amide bonds. The number of aliphatic hydroxyl groups is 1. The van der Waals surface area contributed by atoms with E-state index in [1.165, 1.54) is 0 Å². The van der Waals surface area contributed by atoms with Crippen molar-refractivity contribution >= 4 is 51.0 Å². The maximum Gasteiger partial charge on any atom is 0.312 e. The molecule has 0 radical (unpaired) electrons. The number of amides is 2. The zero-order valence-corrected chi connectivity index (χ0v) is 22.6. The van der Waals surface area contributed by atoms with E-state index in [9.17, 15) is 19.5 Å². The van der Waals surface area contributed by atoms with E-state index in [0.29, 0.717) is 42.9 Å². The standard InChI is InChI=1S/C26H32BrClN2O6/c1-3-12-29(17-10-8-16(28)9-11-17)24(33)22-26-15-18(27)21(36-26)19(25(34)35-4-2)20(26)23(32)30(22)13-6-5-7-14-31/h3,8-11,18-22,31H,1,4-7,12-15H2,2H3/t18?,19-,20+,21-,22-,26+/m0/s1. The van der Waals surface area contributed by atoms with Crippen LogP contribution < -0.4 is 4.90 Å². The van der Waals surface area contributed by atoms with Gasteiger partial charge in [0.25, 0.3) is 5.91 Å². The van der Waals surface area contributed by atoms with Gasteiger partial charge in [-0.15, -0.1) is 6.58 Å². The molecule has 0 saturated carbocycles. The molecular weight excluding hydrogens is 552 g/mol. The van der Waals surface area contributed by atoms with Crippen LogP contribution in [0.2, 0.25) is 5.02 Å². The highest BCUT2D eigenvalue weighted by molar-refractivity contribution is 9.09. The summed E-state index contributed by atoms with van der Waals surface area (Å²) >= 11 is 9.72. The lowest BCUT2D eigenvalue weighted by atomic mass is 9.70. The van der Waals surface area contributed by atoms with Crippen LogP contribution in [0.1, 0.15) is 32.6 Å². The van der Waals surface area contributed by atoms with Gasteiger partial charge in [0.1, 0.15) is 11.6 Å². The second-order valence-electron chi connectivity index (χ2n) is 9.45. The predicted octanol–water partition coefficient (Wildman–Crippen LogP) is 3.33. The third-order valence-electron chi connectivity index (χ3n) is 7.35. The van der Waals surface area contributed by atoms with E-state index in [1.807, 2.05) is 0 Å². The number of aliphatic hydroxyl groups excluding tert-OH is 1. The molecule has 1 spiro atoms. The van der Waals surface area contributed by atoms with E-state index in [1.54, 1.807) is 47.1 Å². The van der Waals surface area contributed by atoms with Crippen molar-refractivity contribution in [3.63, 3.8) is 0 Å². The molecule has 3 fully saturated rings. The van der Waals surface area contributed by atoms with Gasteiger partial charge >= 0.3 is 5.97 Å². The van der Waals surface area contributed by atoms with E-state index in [2.05, 4.69) is 22.5 Å². The van der Waals surface area contributed by atoms with Crippen LogP contribution in [-0.4, -0.2) is 76.7 Å². The number of benzene rings is 1. The zero-order valence-electron chi connectivity index (χ0n) is 20.3. The van der Waals surface area contributed by atoms with Crippen molar-refractivity contribution in [1.82, 2.24) is 4.90 Å². The molecule has 4 rings (SSSR count). The van der Waals surface area contributed by atoms with Crippen LogP contribution in [0.25, 0.3) is 0 Å². The van der Waals surface area contributed by atoms with Gasteiger partial charge in [-0.25, -0.2) is 0 Å². The number of fused-ring (bicyclic) bond motifs is 1. The number of rotatable bonds is 11. The molecule has 0 aromatic heterocycles. The molecule has 3 saturated heterocycles. The molecule has 10 heteroatoms. The highest BCUT2D eigenvalue weighted by Crippen LogP contribution is 2.60. The number of anilines is 1. The van der Waals surface area contributed by atoms with Crippen LogP contribution in [0.15, 0.2) is 36.9 Å². The smallest absolute Gasteiger partial charge is 0.312 e. The molecule has 36 heavy (non-hydrogen) atoms. The molecule has 196 valence electrons. The van der Waals surface area contributed by atoms with Gasteiger partial charge in [0.15, 0.2) is 0 Å². The third kappa shape index (κ3) is 4.59. The van der Waals surface area contributed by atoms with Crippen LogP contribution >= 0.6 is 27.5 Å². The Morgan fingerprint density at radius 2 is 2.06 bits per heavy atom. The third-order valence-corrected chi connectivity index (χ3v) is 8.45. The number of carbonyl (C=O) groups is 3. The Balaban J connectivity index is 1.75. The van der Waals surface area contributed by atoms with Gasteiger partial charge in [-0.05, 0) is 56.9 Å². The summed E-state index contributed by atoms with van der Waals surface area (Å²) in [7, 11) is 0. The summed E-state index contributed by atoms with van der Waals surface area (Å²) in [4.78, 5) is 44.2. The first-order valence-corrected chi connectivity index (χ1v) is 13.7. The fourth-order valence-electron chi connectivity index (χ4n) is 5.95. The Morgan fingerprint density at radius 3 is 2.69 bits per heavy atom. The average Bonchev–Trinajstić information content (AvgIpc) is 3.44. The van der Waals surface area contributed by atoms with E-state index < -0.39 is 35.6 Å².